The van der Waals surface area contributed by atoms with Crippen LogP contribution in [0.4, 0.5) is 0 Å². The second-order valence-corrected chi connectivity index (χ2v) is 7.02. The predicted molar refractivity (Wildman–Crippen MR) is 85.3 cm³/mol. The predicted octanol–water partition coefficient (Wildman–Crippen LogP) is 3.53. The number of carbonyl (C=O) groups is 1. The quantitative estimate of drug-likeness (QED) is 0.885. The SMILES string of the molecule is CC1CCCC(N)(C(=O)NC(C)c2ccc(Br)cc2)C1. The van der Waals surface area contributed by atoms with Gasteiger partial charge in [-0.2, -0.15) is 0 Å². The van der Waals surface area contributed by atoms with E-state index in [1.54, 1.807) is 0 Å². The molecule has 3 unspecified atom stereocenters. The lowest BCUT2D eigenvalue weighted by Gasteiger charge is -2.36. The van der Waals surface area contributed by atoms with Crippen molar-refractivity contribution in [3.05, 3.63) is 34.3 Å². The highest BCUT2D eigenvalue weighted by molar-refractivity contribution is 9.10. The highest BCUT2D eigenvalue weighted by Gasteiger charge is 2.38. The van der Waals surface area contributed by atoms with E-state index in [2.05, 4.69) is 28.2 Å². The van der Waals surface area contributed by atoms with Crippen LogP contribution in [-0.4, -0.2) is 11.4 Å². The molecule has 2 rings (SSSR count). The fourth-order valence-corrected chi connectivity index (χ4v) is 3.24. The maximum Gasteiger partial charge on any atom is 0.240 e. The van der Waals surface area contributed by atoms with Crippen molar-refractivity contribution in [3.63, 3.8) is 0 Å². The van der Waals surface area contributed by atoms with Crippen LogP contribution >= 0.6 is 15.9 Å². The molecule has 0 radical (unpaired) electrons. The molecule has 0 heterocycles. The number of amides is 1. The molecule has 1 aliphatic carbocycles. The van der Waals surface area contributed by atoms with E-state index in [-0.39, 0.29) is 11.9 Å². The maximum atomic E-state index is 12.5. The minimum Gasteiger partial charge on any atom is -0.348 e. The number of halogens is 1. The van der Waals surface area contributed by atoms with E-state index in [0.29, 0.717) is 5.92 Å². The van der Waals surface area contributed by atoms with Crippen molar-refractivity contribution in [1.29, 1.82) is 0 Å². The molecule has 1 fully saturated rings. The second kappa shape index (κ2) is 6.27. The van der Waals surface area contributed by atoms with Gasteiger partial charge >= 0.3 is 0 Å². The minimum atomic E-state index is -0.693. The van der Waals surface area contributed by atoms with Gasteiger partial charge in [-0.05, 0) is 43.4 Å². The number of hydrogen-bond donors (Lipinski definition) is 2. The van der Waals surface area contributed by atoms with Gasteiger partial charge in [0.25, 0.3) is 0 Å². The fraction of sp³-hybridized carbons (Fsp3) is 0.562. The van der Waals surface area contributed by atoms with Gasteiger partial charge in [0.1, 0.15) is 0 Å². The summed E-state index contributed by atoms with van der Waals surface area (Å²) in [6.07, 6.45) is 3.79. The summed E-state index contributed by atoms with van der Waals surface area (Å²) >= 11 is 3.42. The van der Waals surface area contributed by atoms with Gasteiger partial charge in [0.15, 0.2) is 0 Å². The first-order chi connectivity index (χ1) is 9.40. The molecule has 20 heavy (non-hydrogen) atoms. The minimum absolute atomic E-state index is 0.0144. The van der Waals surface area contributed by atoms with Gasteiger partial charge in [-0.1, -0.05) is 47.8 Å². The Morgan fingerprint density at radius 1 is 1.45 bits per heavy atom. The van der Waals surface area contributed by atoms with Crippen LogP contribution in [0, 0.1) is 5.92 Å². The zero-order valence-corrected chi connectivity index (χ0v) is 13.7. The highest BCUT2D eigenvalue weighted by Crippen LogP contribution is 2.31. The number of benzene rings is 1. The summed E-state index contributed by atoms with van der Waals surface area (Å²) in [6.45, 7) is 4.17. The van der Waals surface area contributed by atoms with Crippen molar-refractivity contribution < 1.29 is 4.79 Å². The van der Waals surface area contributed by atoms with Crippen LogP contribution in [0.5, 0.6) is 0 Å². The van der Waals surface area contributed by atoms with Crippen molar-refractivity contribution in [2.75, 3.05) is 0 Å². The average Bonchev–Trinajstić information content (AvgIpc) is 2.39. The Balaban J connectivity index is 2.01. The average molecular weight is 339 g/mol. The zero-order valence-electron chi connectivity index (χ0n) is 12.2. The molecule has 0 aromatic heterocycles. The summed E-state index contributed by atoms with van der Waals surface area (Å²) in [4.78, 5) is 12.5. The van der Waals surface area contributed by atoms with Gasteiger partial charge < -0.3 is 11.1 Å². The van der Waals surface area contributed by atoms with E-state index in [4.69, 9.17) is 5.73 Å². The molecular formula is C16H23BrN2O. The van der Waals surface area contributed by atoms with Crippen LogP contribution in [0.15, 0.2) is 28.7 Å². The standard InChI is InChI=1S/C16H23BrN2O/c1-11-4-3-9-16(18,10-11)15(20)19-12(2)13-5-7-14(17)8-6-13/h5-8,11-12H,3-4,9-10,18H2,1-2H3,(H,19,20). The molecule has 0 saturated heterocycles. The Hall–Kier alpha value is -0.870. The summed E-state index contributed by atoms with van der Waals surface area (Å²) in [7, 11) is 0. The monoisotopic (exact) mass is 338 g/mol. The van der Waals surface area contributed by atoms with E-state index in [1.807, 2.05) is 31.2 Å². The normalized spacial score (nSPS) is 27.9. The number of nitrogens with two attached hydrogens (primary N) is 1. The molecule has 1 aromatic carbocycles. The third-order valence-corrected chi connectivity index (χ3v) is 4.73. The maximum absolute atomic E-state index is 12.5. The van der Waals surface area contributed by atoms with E-state index in [0.717, 1.165) is 29.3 Å². The van der Waals surface area contributed by atoms with Gasteiger partial charge in [-0.25, -0.2) is 0 Å². The van der Waals surface area contributed by atoms with E-state index < -0.39 is 5.54 Å². The molecule has 1 amide bonds. The third-order valence-electron chi connectivity index (χ3n) is 4.20. The van der Waals surface area contributed by atoms with Crippen molar-refractivity contribution in [2.45, 2.75) is 51.1 Å². The summed E-state index contributed by atoms with van der Waals surface area (Å²) in [6, 6.07) is 7.98. The summed E-state index contributed by atoms with van der Waals surface area (Å²) in [5.74, 6) is 0.516. The molecule has 4 heteroatoms. The Labute approximate surface area is 129 Å². The van der Waals surface area contributed by atoms with E-state index >= 15 is 0 Å². The largest absolute Gasteiger partial charge is 0.348 e. The van der Waals surface area contributed by atoms with Crippen LogP contribution in [-0.2, 0) is 4.79 Å². The highest BCUT2D eigenvalue weighted by atomic mass is 79.9. The van der Waals surface area contributed by atoms with Crippen molar-refractivity contribution in [3.8, 4) is 0 Å². The molecule has 1 aromatic rings. The van der Waals surface area contributed by atoms with Gasteiger partial charge in [-0.15, -0.1) is 0 Å². The molecule has 3 nitrogen and oxygen atoms in total. The molecule has 1 aliphatic rings. The van der Waals surface area contributed by atoms with Crippen molar-refractivity contribution in [1.82, 2.24) is 5.32 Å². The third kappa shape index (κ3) is 3.61. The molecule has 0 spiro atoms. The molecule has 0 aliphatic heterocycles. The van der Waals surface area contributed by atoms with Crippen LogP contribution < -0.4 is 11.1 Å². The van der Waals surface area contributed by atoms with Gasteiger partial charge in [0.05, 0.1) is 11.6 Å². The smallest absolute Gasteiger partial charge is 0.240 e. The number of hydrogen-bond acceptors (Lipinski definition) is 2. The van der Waals surface area contributed by atoms with Crippen LogP contribution in [0.3, 0.4) is 0 Å². The molecule has 110 valence electrons. The molecule has 1 saturated carbocycles. The zero-order chi connectivity index (χ0) is 14.8. The lowest BCUT2D eigenvalue weighted by atomic mass is 9.76. The Bertz CT molecular complexity index is 474. The lowest BCUT2D eigenvalue weighted by Crippen LogP contribution is -2.56. The van der Waals surface area contributed by atoms with Crippen molar-refractivity contribution in [2.24, 2.45) is 11.7 Å². The topological polar surface area (TPSA) is 55.1 Å². The van der Waals surface area contributed by atoms with Gasteiger partial charge in [0.2, 0.25) is 5.91 Å². The molecular weight excluding hydrogens is 316 g/mol. The van der Waals surface area contributed by atoms with Gasteiger partial charge in [0, 0.05) is 4.47 Å². The summed E-state index contributed by atoms with van der Waals surface area (Å²) in [5, 5.41) is 3.07. The van der Waals surface area contributed by atoms with Gasteiger partial charge in [-0.3, -0.25) is 4.79 Å². The first-order valence-electron chi connectivity index (χ1n) is 7.26. The van der Waals surface area contributed by atoms with Crippen molar-refractivity contribution >= 4 is 21.8 Å². The Morgan fingerprint density at radius 3 is 2.70 bits per heavy atom. The fourth-order valence-electron chi connectivity index (χ4n) is 2.97. The van der Waals surface area contributed by atoms with Crippen LogP contribution in [0.2, 0.25) is 0 Å². The summed E-state index contributed by atoms with van der Waals surface area (Å²) < 4.78 is 1.04. The number of carbonyl (C=O) groups excluding carboxylic acids is 1. The van der Waals surface area contributed by atoms with Crippen LogP contribution in [0.25, 0.3) is 0 Å². The summed E-state index contributed by atoms with van der Waals surface area (Å²) in [5.41, 5.74) is 6.72. The Kier molecular flexibility index (Phi) is 4.86. The molecule has 3 atom stereocenters. The first kappa shape index (κ1) is 15.5. The second-order valence-electron chi connectivity index (χ2n) is 6.10. The van der Waals surface area contributed by atoms with E-state index in [9.17, 15) is 4.79 Å². The number of rotatable bonds is 3. The number of nitrogens with one attached hydrogen (secondary N) is 1. The lowest BCUT2D eigenvalue weighted by molar-refractivity contribution is -0.128. The van der Waals surface area contributed by atoms with Crippen LogP contribution in [0.1, 0.15) is 51.1 Å². The van der Waals surface area contributed by atoms with E-state index in [1.165, 1.54) is 6.42 Å². The molecule has 3 N–H and O–H groups in total. The Morgan fingerprint density at radius 2 is 2.10 bits per heavy atom. The first-order valence-corrected chi connectivity index (χ1v) is 8.05. The molecule has 0 bridgehead atoms.